The van der Waals surface area contributed by atoms with Crippen molar-refractivity contribution in [1.82, 2.24) is 0 Å². The minimum atomic E-state index is -0.577. The van der Waals surface area contributed by atoms with Gasteiger partial charge in [-0.3, -0.25) is 0 Å². The molecular weight excluding hydrogens is 402 g/mol. The second-order valence-electron chi connectivity index (χ2n) is 11.7. The number of hydrogen-bond acceptors (Lipinski definition) is 6. The number of nitrogens with two attached hydrogens (primary N) is 2. The Kier molecular flexibility index (Phi) is 7.55. The molecule has 4 fully saturated rings. The molecule has 3 unspecified atom stereocenters. The van der Waals surface area contributed by atoms with Crippen molar-refractivity contribution in [2.24, 2.45) is 51.1 Å². The zero-order valence-electron chi connectivity index (χ0n) is 20.4. The van der Waals surface area contributed by atoms with E-state index in [2.05, 4.69) is 19.0 Å². The van der Waals surface area contributed by atoms with Crippen LogP contribution in [0.25, 0.3) is 0 Å². The fourth-order valence-corrected chi connectivity index (χ4v) is 8.27. The van der Waals surface area contributed by atoms with E-state index in [-0.39, 0.29) is 5.41 Å². The highest BCUT2D eigenvalue weighted by Gasteiger charge is 2.67. The van der Waals surface area contributed by atoms with Crippen LogP contribution >= 0.6 is 0 Å². The van der Waals surface area contributed by atoms with E-state index in [0.717, 1.165) is 57.5 Å². The van der Waals surface area contributed by atoms with Gasteiger partial charge in [0.15, 0.2) is 0 Å². The average molecular weight is 450 g/mol. The van der Waals surface area contributed by atoms with Gasteiger partial charge in [0.1, 0.15) is 6.61 Å². The molecule has 32 heavy (non-hydrogen) atoms. The van der Waals surface area contributed by atoms with Crippen LogP contribution in [0.3, 0.4) is 0 Å². The lowest BCUT2D eigenvalue weighted by molar-refractivity contribution is -0.207. The molecule has 4 aliphatic rings. The van der Waals surface area contributed by atoms with Crippen LogP contribution in [0.5, 0.6) is 0 Å². The fourth-order valence-electron chi connectivity index (χ4n) is 8.27. The predicted molar refractivity (Wildman–Crippen MR) is 128 cm³/mol. The van der Waals surface area contributed by atoms with Gasteiger partial charge >= 0.3 is 0 Å². The molecule has 4 rings (SSSR count). The van der Waals surface area contributed by atoms with Gasteiger partial charge in [-0.15, -0.1) is 0 Å². The van der Waals surface area contributed by atoms with Gasteiger partial charge in [-0.1, -0.05) is 19.0 Å². The van der Waals surface area contributed by atoms with Gasteiger partial charge in [0, 0.05) is 24.2 Å². The molecule has 0 aromatic heterocycles. The Balaban J connectivity index is 1.43. The molecule has 0 saturated heterocycles. The highest BCUT2D eigenvalue weighted by Crippen LogP contribution is 2.68. The summed E-state index contributed by atoms with van der Waals surface area (Å²) in [4.78, 5) is 5.42. The van der Waals surface area contributed by atoms with Crippen LogP contribution in [-0.2, 0) is 9.57 Å². The monoisotopic (exact) mass is 449 g/mol. The largest absolute Gasteiger partial charge is 0.396 e. The quantitative estimate of drug-likeness (QED) is 0.282. The molecule has 0 bridgehead atoms. The van der Waals surface area contributed by atoms with E-state index >= 15 is 0 Å². The van der Waals surface area contributed by atoms with Crippen molar-refractivity contribution in [3.05, 3.63) is 0 Å². The lowest BCUT2D eigenvalue weighted by Gasteiger charge is -2.63. The second-order valence-corrected chi connectivity index (χ2v) is 11.7. The SMILES string of the molecule is C[C@]12CCC(OCCCN)CC1CC[C@@H]1[C@H]2CC[C@]2(C)C(/C=N/OCCCN)CC[C@@]12O. The Bertz CT molecular complexity index is 660. The maximum Gasteiger partial charge on any atom is 0.118 e. The van der Waals surface area contributed by atoms with Crippen molar-refractivity contribution < 1.29 is 14.7 Å². The van der Waals surface area contributed by atoms with Crippen molar-refractivity contribution in [2.45, 2.75) is 96.2 Å². The van der Waals surface area contributed by atoms with Gasteiger partial charge in [0.25, 0.3) is 0 Å². The summed E-state index contributed by atoms with van der Waals surface area (Å²) < 4.78 is 6.17. The third-order valence-electron chi connectivity index (χ3n) is 10.3. The smallest absolute Gasteiger partial charge is 0.118 e. The third kappa shape index (κ3) is 4.14. The Morgan fingerprint density at radius 2 is 1.72 bits per heavy atom. The Labute approximate surface area is 194 Å². The normalized spacial score (nSPS) is 46.0. The molecule has 184 valence electrons. The Hall–Kier alpha value is -0.690. The molecule has 6 heteroatoms. The van der Waals surface area contributed by atoms with Crippen molar-refractivity contribution in [1.29, 1.82) is 0 Å². The first-order chi connectivity index (χ1) is 15.4. The van der Waals surface area contributed by atoms with Crippen molar-refractivity contribution in [2.75, 3.05) is 26.3 Å². The molecule has 0 aromatic carbocycles. The number of hydrogen-bond donors (Lipinski definition) is 3. The van der Waals surface area contributed by atoms with Crippen LogP contribution < -0.4 is 11.5 Å². The first-order valence-corrected chi connectivity index (χ1v) is 13.3. The van der Waals surface area contributed by atoms with Crippen LogP contribution in [0.1, 0.15) is 84.5 Å². The topological polar surface area (TPSA) is 103 Å². The van der Waals surface area contributed by atoms with Gasteiger partial charge in [-0.25, -0.2) is 0 Å². The van der Waals surface area contributed by atoms with Crippen LogP contribution in [0, 0.1) is 34.5 Å². The molecule has 5 N–H and O–H groups in total. The summed E-state index contributed by atoms with van der Waals surface area (Å²) in [6, 6.07) is 0. The van der Waals surface area contributed by atoms with Gasteiger partial charge < -0.3 is 26.1 Å². The standard InChI is InChI=1S/C26H47N3O3/c1-24-10-8-21(31-15-3-13-27)17-19(24)5-6-23-22(24)9-11-25(2)20(7-12-26(23,25)30)18-29-32-16-4-14-28/h18-23,30H,3-17,27-28H2,1-2H3/b29-18+/t19?,20?,21?,22-,23-,24+,25-,26-/m1/s1. The van der Waals surface area contributed by atoms with Crippen LogP contribution in [0.15, 0.2) is 5.16 Å². The average Bonchev–Trinajstić information content (AvgIpc) is 3.05. The van der Waals surface area contributed by atoms with E-state index in [1.165, 1.54) is 25.7 Å². The second kappa shape index (κ2) is 9.89. The van der Waals surface area contributed by atoms with E-state index < -0.39 is 5.60 Å². The number of fused-ring (bicyclic) bond motifs is 5. The molecule has 6 nitrogen and oxygen atoms in total. The molecule has 0 amide bonds. The van der Waals surface area contributed by atoms with Gasteiger partial charge in [0.2, 0.25) is 0 Å². The molecule has 0 spiro atoms. The number of ether oxygens (including phenoxy) is 1. The van der Waals surface area contributed by atoms with Crippen LogP contribution in [0.2, 0.25) is 0 Å². The minimum Gasteiger partial charge on any atom is -0.396 e. The number of nitrogens with zero attached hydrogens (tertiary/aromatic N) is 1. The lowest BCUT2D eigenvalue weighted by Crippen LogP contribution is -2.62. The Morgan fingerprint density at radius 1 is 0.938 bits per heavy atom. The maximum absolute atomic E-state index is 12.2. The van der Waals surface area contributed by atoms with Crippen LogP contribution in [0.4, 0.5) is 0 Å². The third-order valence-corrected chi connectivity index (χ3v) is 10.3. The lowest BCUT2D eigenvalue weighted by atomic mass is 9.43. The molecule has 4 aliphatic carbocycles. The van der Waals surface area contributed by atoms with E-state index in [0.29, 0.717) is 49.0 Å². The molecule has 0 aromatic rings. The van der Waals surface area contributed by atoms with Gasteiger partial charge in [0.05, 0.1) is 11.7 Å². The van der Waals surface area contributed by atoms with Gasteiger partial charge in [-0.05, 0) is 107 Å². The molecule has 0 heterocycles. The summed E-state index contributed by atoms with van der Waals surface area (Å²) in [5.41, 5.74) is 10.8. The zero-order valence-corrected chi connectivity index (χ0v) is 20.4. The number of aliphatic hydroxyl groups is 1. The minimum absolute atomic E-state index is 0.0966. The molecular formula is C26H47N3O3. The summed E-state index contributed by atoms with van der Waals surface area (Å²) in [5.74, 6) is 2.06. The van der Waals surface area contributed by atoms with E-state index in [1.807, 2.05) is 6.21 Å². The number of oxime groups is 1. The predicted octanol–water partition coefficient (Wildman–Crippen LogP) is 3.85. The summed E-state index contributed by atoms with van der Waals surface area (Å²) >= 11 is 0. The molecule has 8 atom stereocenters. The highest BCUT2D eigenvalue weighted by molar-refractivity contribution is 5.63. The summed E-state index contributed by atoms with van der Waals surface area (Å²) in [6.07, 6.45) is 14.4. The fraction of sp³-hybridized carbons (Fsp3) is 0.962. The maximum atomic E-state index is 12.2. The highest BCUT2D eigenvalue weighted by atomic mass is 16.6. The summed E-state index contributed by atoms with van der Waals surface area (Å²) in [7, 11) is 0. The molecule has 4 saturated carbocycles. The van der Waals surface area contributed by atoms with Gasteiger partial charge in [-0.2, -0.15) is 0 Å². The van der Waals surface area contributed by atoms with Crippen molar-refractivity contribution in [3.8, 4) is 0 Å². The van der Waals surface area contributed by atoms with E-state index in [4.69, 9.17) is 21.0 Å². The van der Waals surface area contributed by atoms with Crippen molar-refractivity contribution >= 4 is 6.21 Å². The zero-order chi connectivity index (χ0) is 22.8. The van der Waals surface area contributed by atoms with Crippen LogP contribution in [-0.4, -0.2) is 49.3 Å². The van der Waals surface area contributed by atoms with E-state index in [9.17, 15) is 5.11 Å². The molecule has 0 radical (unpaired) electrons. The number of rotatable bonds is 9. The van der Waals surface area contributed by atoms with E-state index in [1.54, 1.807) is 0 Å². The molecule has 0 aliphatic heterocycles. The first-order valence-electron chi connectivity index (χ1n) is 13.3. The summed E-state index contributed by atoms with van der Waals surface area (Å²) in [6.45, 7) is 7.56. The first kappa shape index (κ1) is 24.4. The Morgan fingerprint density at radius 3 is 2.50 bits per heavy atom. The summed E-state index contributed by atoms with van der Waals surface area (Å²) in [5, 5.41) is 16.5. The van der Waals surface area contributed by atoms with Crippen molar-refractivity contribution in [3.63, 3.8) is 0 Å².